The first kappa shape index (κ1) is 23.5. The van der Waals surface area contributed by atoms with E-state index in [9.17, 15) is 10.2 Å². The van der Waals surface area contributed by atoms with E-state index in [2.05, 4.69) is 26.0 Å². The molecule has 0 aliphatic carbocycles. The lowest BCUT2D eigenvalue weighted by Crippen LogP contribution is -2.22. The molecule has 0 bridgehead atoms. The molecule has 0 aliphatic heterocycles. The minimum atomic E-state index is -0.889. The van der Waals surface area contributed by atoms with E-state index in [0.29, 0.717) is 5.75 Å². The molecule has 2 atom stereocenters. The molecule has 2 aromatic rings. The molecule has 0 amide bonds. The van der Waals surface area contributed by atoms with Crippen molar-refractivity contribution < 1.29 is 24.8 Å². The van der Waals surface area contributed by atoms with Crippen LogP contribution in [0.3, 0.4) is 0 Å². The van der Waals surface area contributed by atoms with Crippen molar-refractivity contribution in [3.05, 3.63) is 58.7 Å². The predicted octanol–water partition coefficient (Wildman–Crippen LogP) is 3.34. The third kappa shape index (κ3) is 6.09. The molecule has 0 saturated heterocycles. The maximum Gasteiger partial charge on any atom is 0.122 e. The molecular formula is C23H31ClO5. The van der Waals surface area contributed by atoms with E-state index in [1.165, 1.54) is 0 Å². The zero-order valence-corrected chi connectivity index (χ0v) is 18.2. The highest BCUT2D eigenvalue weighted by molar-refractivity contribution is 6.18. The van der Waals surface area contributed by atoms with Crippen molar-refractivity contribution in [2.75, 3.05) is 25.7 Å². The molecule has 0 fully saturated rings. The van der Waals surface area contributed by atoms with Gasteiger partial charge in [-0.25, -0.2) is 0 Å². The number of aliphatic hydroxyl groups is 3. The molecule has 3 N–H and O–H groups in total. The number of hydrogen-bond donors (Lipinski definition) is 3. The van der Waals surface area contributed by atoms with Crippen molar-refractivity contribution in [2.24, 2.45) is 0 Å². The maximum absolute atomic E-state index is 9.58. The molecule has 0 saturated carbocycles. The van der Waals surface area contributed by atoms with Crippen molar-refractivity contribution in [3.8, 4) is 11.5 Å². The Hall–Kier alpha value is -1.79. The Morgan fingerprint density at radius 2 is 1.31 bits per heavy atom. The van der Waals surface area contributed by atoms with Crippen molar-refractivity contribution in [1.29, 1.82) is 0 Å². The molecule has 2 aromatic carbocycles. The highest BCUT2D eigenvalue weighted by Crippen LogP contribution is 2.36. The lowest BCUT2D eigenvalue weighted by atomic mass is 9.77. The van der Waals surface area contributed by atoms with Gasteiger partial charge in [-0.3, -0.25) is 0 Å². The minimum Gasteiger partial charge on any atom is -0.491 e. The summed E-state index contributed by atoms with van der Waals surface area (Å²) < 4.78 is 11.3. The molecule has 0 heterocycles. The molecule has 29 heavy (non-hydrogen) atoms. The van der Waals surface area contributed by atoms with Gasteiger partial charge in [-0.05, 0) is 48.2 Å². The summed E-state index contributed by atoms with van der Waals surface area (Å²) in [7, 11) is 0. The highest BCUT2D eigenvalue weighted by Gasteiger charge is 2.24. The van der Waals surface area contributed by atoms with Gasteiger partial charge in [-0.1, -0.05) is 38.1 Å². The van der Waals surface area contributed by atoms with Crippen LogP contribution >= 0.6 is 11.6 Å². The number of aliphatic hydroxyl groups excluding tert-OH is 3. The van der Waals surface area contributed by atoms with E-state index >= 15 is 0 Å². The molecule has 0 aliphatic rings. The van der Waals surface area contributed by atoms with Crippen LogP contribution in [-0.4, -0.2) is 53.2 Å². The van der Waals surface area contributed by atoms with Crippen molar-refractivity contribution >= 4 is 11.6 Å². The summed E-state index contributed by atoms with van der Waals surface area (Å²) in [5.41, 5.74) is 3.99. The minimum absolute atomic E-state index is 0.0547. The van der Waals surface area contributed by atoms with Crippen molar-refractivity contribution in [1.82, 2.24) is 0 Å². The number of ether oxygens (including phenoxy) is 2. The van der Waals surface area contributed by atoms with Gasteiger partial charge in [0.2, 0.25) is 0 Å². The van der Waals surface area contributed by atoms with Crippen molar-refractivity contribution in [3.63, 3.8) is 0 Å². The fourth-order valence-electron chi connectivity index (χ4n) is 3.04. The summed E-state index contributed by atoms with van der Waals surface area (Å²) in [6.07, 6.45) is -1.57. The van der Waals surface area contributed by atoms with Crippen LogP contribution in [0.4, 0.5) is 0 Å². The number of aryl methyl sites for hydroxylation is 2. The van der Waals surface area contributed by atoms with Gasteiger partial charge in [0.1, 0.15) is 36.9 Å². The summed E-state index contributed by atoms with van der Waals surface area (Å²) >= 11 is 5.61. The van der Waals surface area contributed by atoms with E-state index in [-0.39, 0.29) is 31.1 Å². The second kappa shape index (κ2) is 10.3. The van der Waals surface area contributed by atoms with Crippen LogP contribution in [0.5, 0.6) is 11.5 Å². The highest BCUT2D eigenvalue weighted by atomic mass is 35.5. The molecule has 2 rings (SSSR count). The Morgan fingerprint density at radius 1 is 0.862 bits per heavy atom. The van der Waals surface area contributed by atoms with E-state index in [4.69, 9.17) is 26.2 Å². The number of rotatable bonds is 10. The van der Waals surface area contributed by atoms with Gasteiger partial charge < -0.3 is 24.8 Å². The molecule has 0 spiro atoms. The van der Waals surface area contributed by atoms with Gasteiger partial charge in [0, 0.05) is 5.41 Å². The van der Waals surface area contributed by atoms with Crippen LogP contribution < -0.4 is 9.47 Å². The van der Waals surface area contributed by atoms with Gasteiger partial charge in [-0.15, -0.1) is 11.6 Å². The van der Waals surface area contributed by atoms with Crippen LogP contribution in [0.2, 0.25) is 0 Å². The second-order valence-corrected chi connectivity index (χ2v) is 8.16. The maximum atomic E-state index is 9.58. The Kier molecular flexibility index (Phi) is 8.34. The smallest absolute Gasteiger partial charge is 0.122 e. The van der Waals surface area contributed by atoms with Crippen LogP contribution in [0.15, 0.2) is 36.4 Å². The largest absolute Gasteiger partial charge is 0.491 e. The number of alkyl halides is 1. The zero-order chi connectivity index (χ0) is 21.6. The molecular weight excluding hydrogens is 392 g/mol. The Morgan fingerprint density at radius 3 is 1.69 bits per heavy atom. The Bertz CT molecular complexity index is 740. The summed E-state index contributed by atoms with van der Waals surface area (Å²) in [4.78, 5) is 0. The topological polar surface area (TPSA) is 79.2 Å². The van der Waals surface area contributed by atoms with Crippen LogP contribution in [0, 0.1) is 13.8 Å². The average Bonchev–Trinajstić information content (AvgIpc) is 2.71. The number of benzene rings is 2. The van der Waals surface area contributed by atoms with Gasteiger partial charge in [0.25, 0.3) is 0 Å². The van der Waals surface area contributed by atoms with Crippen LogP contribution in [0.1, 0.15) is 36.1 Å². The monoisotopic (exact) mass is 422 g/mol. The van der Waals surface area contributed by atoms with E-state index < -0.39 is 12.2 Å². The van der Waals surface area contributed by atoms with Crippen molar-refractivity contribution in [2.45, 2.75) is 45.3 Å². The van der Waals surface area contributed by atoms with E-state index in [1.54, 1.807) is 0 Å². The summed E-state index contributed by atoms with van der Waals surface area (Å²) in [5, 5.41) is 28.0. The summed E-state index contributed by atoms with van der Waals surface area (Å²) in [6.45, 7) is 8.15. The molecule has 0 aromatic heterocycles. The third-order valence-corrected chi connectivity index (χ3v) is 5.40. The molecule has 160 valence electrons. The molecule has 5 nitrogen and oxygen atoms in total. The lowest BCUT2D eigenvalue weighted by Gasteiger charge is -2.28. The third-order valence-electron chi connectivity index (χ3n) is 5.04. The SMILES string of the molecule is Cc1cc(C(C)(C)c2ccc(OC[C@@H](O)CCl)c(C)c2)ccc1OCC(O)CO. The van der Waals surface area contributed by atoms with Crippen LogP contribution in [0.25, 0.3) is 0 Å². The van der Waals surface area contributed by atoms with E-state index in [1.807, 2.05) is 38.1 Å². The standard InChI is InChI=1S/C23H31ClO5/c1-15-9-17(5-7-21(15)28-13-19(26)11-24)23(3,4)18-6-8-22(16(2)10-18)29-14-20(27)12-25/h5-10,19-20,25-27H,11-14H2,1-4H3/t19-,20?/m0/s1. The first-order valence-electron chi connectivity index (χ1n) is 9.69. The molecule has 6 heteroatoms. The van der Waals surface area contributed by atoms with Crippen LogP contribution in [-0.2, 0) is 5.41 Å². The molecule has 0 radical (unpaired) electrons. The lowest BCUT2D eigenvalue weighted by molar-refractivity contribution is 0.0534. The van der Waals surface area contributed by atoms with Gasteiger partial charge in [-0.2, -0.15) is 0 Å². The number of halogens is 1. The van der Waals surface area contributed by atoms with Gasteiger partial charge in [0.15, 0.2) is 0 Å². The zero-order valence-electron chi connectivity index (χ0n) is 17.5. The van der Waals surface area contributed by atoms with Gasteiger partial charge >= 0.3 is 0 Å². The fraction of sp³-hybridized carbons (Fsp3) is 0.478. The normalized spacial score (nSPS) is 13.8. The summed E-state index contributed by atoms with van der Waals surface area (Å²) in [5.74, 6) is 1.56. The number of hydrogen-bond acceptors (Lipinski definition) is 5. The summed E-state index contributed by atoms with van der Waals surface area (Å²) in [6, 6.07) is 12.1. The second-order valence-electron chi connectivity index (χ2n) is 7.85. The van der Waals surface area contributed by atoms with E-state index in [0.717, 1.165) is 28.0 Å². The fourth-order valence-corrected chi connectivity index (χ4v) is 3.13. The quantitative estimate of drug-likeness (QED) is 0.512. The molecule has 1 unspecified atom stereocenters. The Labute approximate surface area is 177 Å². The first-order chi connectivity index (χ1) is 13.7. The Balaban J connectivity index is 2.19. The average molecular weight is 423 g/mol. The van der Waals surface area contributed by atoms with Gasteiger partial charge in [0.05, 0.1) is 12.5 Å². The first-order valence-corrected chi connectivity index (χ1v) is 10.2. The predicted molar refractivity (Wildman–Crippen MR) is 115 cm³/mol.